The zero-order valence-corrected chi connectivity index (χ0v) is 17.0. The van der Waals surface area contributed by atoms with E-state index in [1.165, 1.54) is 0 Å². The number of benzene rings is 2. The molecule has 7 heteroatoms. The molecular formula is C21H27ClN3O3+. The molecule has 6 nitrogen and oxygen atoms in total. The second-order valence-corrected chi connectivity index (χ2v) is 6.88. The molecule has 2 amide bonds. The molecule has 3 N–H and O–H groups in total. The van der Waals surface area contributed by atoms with Gasteiger partial charge in [0, 0.05) is 11.6 Å². The van der Waals surface area contributed by atoms with Gasteiger partial charge in [-0.25, -0.2) is 0 Å². The Hall–Kier alpha value is -2.57. The van der Waals surface area contributed by atoms with Crippen molar-refractivity contribution < 1.29 is 19.2 Å². The van der Waals surface area contributed by atoms with E-state index in [0.29, 0.717) is 23.0 Å². The second-order valence-electron chi connectivity index (χ2n) is 6.47. The molecule has 0 aliphatic carbocycles. The molecule has 2 aromatic rings. The third kappa shape index (κ3) is 6.87. The van der Waals surface area contributed by atoms with E-state index >= 15 is 0 Å². The summed E-state index contributed by atoms with van der Waals surface area (Å²) in [5.41, 5.74) is 1.48. The predicted molar refractivity (Wildman–Crippen MR) is 111 cm³/mol. The maximum absolute atomic E-state index is 12.4. The van der Waals surface area contributed by atoms with Gasteiger partial charge in [-0.2, -0.15) is 0 Å². The minimum atomic E-state index is -0.160. The van der Waals surface area contributed by atoms with Crippen molar-refractivity contribution in [2.75, 3.05) is 32.1 Å². The number of carbonyl (C=O) groups is 2. The summed E-state index contributed by atoms with van der Waals surface area (Å²) in [6.07, 6.45) is 0.870. The highest BCUT2D eigenvalue weighted by Gasteiger charge is 2.18. The summed E-state index contributed by atoms with van der Waals surface area (Å²) in [7, 11) is 1.56. The van der Waals surface area contributed by atoms with Crippen LogP contribution < -0.4 is 20.3 Å². The fourth-order valence-corrected chi connectivity index (χ4v) is 3.09. The minimum Gasteiger partial charge on any atom is -0.495 e. The summed E-state index contributed by atoms with van der Waals surface area (Å²) < 4.78 is 5.25. The molecule has 0 spiro atoms. The minimum absolute atomic E-state index is 0.117. The number of amides is 2. The Labute approximate surface area is 170 Å². The molecule has 0 bridgehead atoms. The van der Waals surface area contributed by atoms with Gasteiger partial charge in [-0.15, -0.1) is 0 Å². The Morgan fingerprint density at radius 1 is 1.04 bits per heavy atom. The van der Waals surface area contributed by atoms with E-state index in [2.05, 4.69) is 10.6 Å². The Kier molecular flexibility index (Phi) is 8.78. The molecule has 2 aromatic carbocycles. The summed E-state index contributed by atoms with van der Waals surface area (Å²) in [6.45, 7) is 3.53. The van der Waals surface area contributed by atoms with Crippen LogP contribution in [0.4, 0.5) is 5.69 Å². The molecule has 0 radical (unpaired) electrons. The number of anilines is 1. The molecule has 0 saturated heterocycles. The molecule has 150 valence electrons. The number of quaternary nitrogens is 1. The number of rotatable bonds is 10. The zero-order chi connectivity index (χ0) is 20.4. The van der Waals surface area contributed by atoms with Gasteiger partial charge in [0.25, 0.3) is 11.8 Å². The Balaban J connectivity index is 1.88. The van der Waals surface area contributed by atoms with Crippen LogP contribution in [0.3, 0.4) is 0 Å². The van der Waals surface area contributed by atoms with Gasteiger partial charge in [0.15, 0.2) is 13.1 Å². The molecule has 0 fully saturated rings. The average molecular weight is 405 g/mol. The smallest absolute Gasteiger partial charge is 0.279 e. The van der Waals surface area contributed by atoms with Crippen LogP contribution in [0.25, 0.3) is 0 Å². The standard InChI is InChI=1S/C21H26ClN3O3/c1-3-12-25(14-20(26)23-13-16-8-4-5-9-17(16)22)15-21(27)24-18-10-6-7-11-19(18)28-2/h4-11H,3,12-15H2,1-2H3,(H,23,26)(H,24,27)/p+1. The van der Waals surface area contributed by atoms with Crippen molar-refractivity contribution in [1.82, 2.24) is 5.32 Å². The predicted octanol–water partition coefficient (Wildman–Crippen LogP) is 1.90. The van der Waals surface area contributed by atoms with Gasteiger partial charge in [-0.05, 0) is 30.2 Å². The molecule has 2 rings (SSSR count). The molecule has 1 atom stereocenters. The first-order chi connectivity index (χ1) is 13.5. The number of hydrogen-bond acceptors (Lipinski definition) is 3. The highest BCUT2D eigenvalue weighted by Crippen LogP contribution is 2.22. The third-order valence-electron chi connectivity index (χ3n) is 4.24. The van der Waals surface area contributed by atoms with Crippen LogP contribution in [0.1, 0.15) is 18.9 Å². The van der Waals surface area contributed by atoms with Crippen molar-refractivity contribution in [3.8, 4) is 5.75 Å². The van der Waals surface area contributed by atoms with Gasteiger partial charge < -0.3 is 20.3 Å². The summed E-state index contributed by atoms with van der Waals surface area (Å²) in [5, 5.41) is 6.35. The fraction of sp³-hybridized carbons (Fsp3) is 0.333. The first-order valence-corrected chi connectivity index (χ1v) is 9.67. The first kappa shape index (κ1) is 21.7. The van der Waals surface area contributed by atoms with E-state index in [0.717, 1.165) is 23.4 Å². The Bertz CT molecular complexity index is 798. The largest absolute Gasteiger partial charge is 0.495 e. The van der Waals surface area contributed by atoms with E-state index in [1.807, 2.05) is 37.3 Å². The van der Waals surface area contributed by atoms with Crippen LogP contribution in [0.15, 0.2) is 48.5 Å². The van der Waals surface area contributed by atoms with Gasteiger partial charge >= 0.3 is 0 Å². The maximum atomic E-state index is 12.4. The van der Waals surface area contributed by atoms with Crippen molar-refractivity contribution in [3.63, 3.8) is 0 Å². The number of hydrogen-bond donors (Lipinski definition) is 3. The van der Waals surface area contributed by atoms with Crippen LogP contribution in [-0.4, -0.2) is 38.6 Å². The van der Waals surface area contributed by atoms with Gasteiger partial charge in [-0.3, -0.25) is 9.59 Å². The normalized spacial score (nSPS) is 11.5. The summed E-state index contributed by atoms with van der Waals surface area (Å²) >= 11 is 6.11. The summed E-state index contributed by atoms with van der Waals surface area (Å²) in [4.78, 5) is 25.7. The number of para-hydroxylation sites is 2. The molecule has 1 unspecified atom stereocenters. The van der Waals surface area contributed by atoms with Gasteiger partial charge in [0.2, 0.25) is 0 Å². The number of nitrogens with one attached hydrogen (secondary N) is 3. The Morgan fingerprint density at radius 2 is 1.71 bits per heavy atom. The lowest BCUT2D eigenvalue weighted by molar-refractivity contribution is -0.883. The van der Waals surface area contributed by atoms with Crippen LogP contribution in [0.2, 0.25) is 5.02 Å². The van der Waals surface area contributed by atoms with Crippen LogP contribution in [0.5, 0.6) is 5.75 Å². The number of methoxy groups -OCH3 is 1. The van der Waals surface area contributed by atoms with Gasteiger partial charge in [-0.1, -0.05) is 48.9 Å². The van der Waals surface area contributed by atoms with Crippen LogP contribution in [0, 0.1) is 0 Å². The average Bonchev–Trinajstić information content (AvgIpc) is 2.68. The molecular weight excluding hydrogens is 378 g/mol. The van der Waals surface area contributed by atoms with Gasteiger partial charge in [0.1, 0.15) is 5.75 Å². The highest BCUT2D eigenvalue weighted by molar-refractivity contribution is 6.31. The number of halogens is 1. The molecule has 0 saturated carbocycles. The van der Waals surface area contributed by atoms with E-state index < -0.39 is 0 Å². The molecule has 0 aliphatic rings. The molecule has 0 aromatic heterocycles. The SMILES string of the molecule is CCC[NH+](CC(=O)NCc1ccccc1Cl)CC(=O)Nc1ccccc1OC. The van der Waals surface area contributed by atoms with E-state index in [-0.39, 0.29) is 24.9 Å². The van der Waals surface area contributed by atoms with Crippen molar-refractivity contribution in [1.29, 1.82) is 0 Å². The fourth-order valence-electron chi connectivity index (χ4n) is 2.89. The quantitative estimate of drug-likeness (QED) is 0.566. The number of carbonyl (C=O) groups excluding carboxylic acids is 2. The maximum Gasteiger partial charge on any atom is 0.279 e. The summed E-state index contributed by atoms with van der Waals surface area (Å²) in [6, 6.07) is 14.6. The monoisotopic (exact) mass is 404 g/mol. The van der Waals surface area contributed by atoms with Crippen LogP contribution in [-0.2, 0) is 16.1 Å². The summed E-state index contributed by atoms with van der Waals surface area (Å²) in [5.74, 6) is 0.325. The molecule has 0 heterocycles. The molecule has 28 heavy (non-hydrogen) atoms. The van der Waals surface area contributed by atoms with Crippen molar-refractivity contribution in [2.24, 2.45) is 0 Å². The lowest BCUT2D eigenvalue weighted by atomic mass is 10.2. The number of ether oxygens (including phenoxy) is 1. The van der Waals surface area contributed by atoms with E-state index in [9.17, 15) is 9.59 Å². The molecule has 0 aliphatic heterocycles. The lowest BCUT2D eigenvalue weighted by Gasteiger charge is -2.18. The lowest BCUT2D eigenvalue weighted by Crippen LogP contribution is -3.14. The van der Waals surface area contributed by atoms with Gasteiger partial charge in [0.05, 0.1) is 19.3 Å². The second kappa shape index (κ2) is 11.3. The van der Waals surface area contributed by atoms with Crippen LogP contribution >= 0.6 is 11.6 Å². The highest BCUT2D eigenvalue weighted by atomic mass is 35.5. The van der Waals surface area contributed by atoms with E-state index in [1.54, 1.807) is 25.3 Å². The third-order valence-corrected chi connectivity index (χ3v) is 4.61. The van der Waals surface area contributed by atoms with Crippen molar-refractivity contribution >= 4 is 29.1 Å². The first-order valence-electron chi connectivity index (χ1n) is 9.30. The van der Waals surface area contributed by atoms with E-state index in [4.69, 9.17) is 16.3 Å². The topological polar surface area (TPSA) is 71.9 Å². The van der Waals surface area contributed by atoms with Crippen molar-refractivity contribution in [3.05, 3.63) is 59.1 Å². The Morgan fingerprint density at radius 3 is 2.43 bits per heavy atom. The zero-order valence-electron chi connectivity index (χ0n) is 16.3. The van der Waals surface area contributed by atoms with Crippen molar-refractivity contribution in [2.45, 2.75) is 19.9 Å².